The molecule has 0 aliphatic rings. The van der Waals surface area contributed by atoms with E-state index in [1.54, 1.807) is 6.92 Å². The van der Waals surface area contributed by atoms with E-state index in [0.29, 0.717) is 5.57 Å². The summed E-state index contributed by atoms with van der Waals surface area (Å²) in [6.07, 6.45) is 1.22. The summed E-state index contributed by atoms with van der Waals surface area (Å²) in [5, 5.41) is 15.1. The minimum Gasteiger partial charge on any atom is -0.478 e. The molecule has 2 rings (SSSR count). The van der Waals surface area contributed by atoms with Gasteiger partial charge >= 0.3 is 5.97 Å². The number of benzene rings is 2. The second-order valence-corrected chi connectivity index (χ2v) is 20.1. The van der Waals surface area contributed by atoms with E-state index in [0.717, 1.165) is 21.8 Å². The van der Waals surface area contributed by atoms with Crippen LogP contribution in [-0.2, 0) is 4.79 Å². The highest BCUT2D eigenvalue weighted by Crippen LogP contribution is 2.18. The van der Waals surface area contributed by atoms with E-state index in [-0.39, 0.29) is 0 Å². The average molecular weight is 442 g/mol. The standard InChI is InChI=1S/C23H31NO2SSi2/c1-16(12-22(25)26)17-8-10-19(11-9-17)24-23(27)18-13-20(28(2,3)4)15-21(14-18)29(5,6)7/h8-15H,1-7H3,(H,24,27)(H,25,26)/b16-12+. The van der Waals surface area contributed by atoms with Crippen molar-refractivity contribution in [3.8, 4) is 0 Å². The van der Waals surface area contributed by atoms with E-state index in [1.165, 1.54) is 16.4 Å². The molecule has 0 fully saturated rings. The van der Waals surface area contributed by atoms with Gasteiger partial charge in [0.15, 0.2) is 0 Å². The van der Waals surface area contributed by atoms with E-state index < -0.39 is 22.1 Å². The highest BCUT2D eigenvalue weighted by Gasteiger charge is 2.23. The average Bonchev–Trinajstić information content (AvgIpc) is 2.59. The van der Waals surface area contributed by atoms with Gasteiger partial charge in [-0.1, -0.05) is 92.2 Å². The zero-order valence-corrected chi connectivity index (χ0v) is 21.2. The van der Waals surface area contributed by atoms with Crippen LogP contribution in [0.15, 0.2) is 48.5 Å². The normalized spacial score (nSPS) is 12.6. The van der Waals surface area contributed by atoms with Crippen molar-refractivity contribution in [2.24, 2.45) is 0 Å². The third-order valence-electron chi connectivity index (χ3n) is 4.87. The van der Waals surface area contributed by atoms with Crippen molar-refractivity contribution in [3.63, 3.8) is 0 Å². The molecule has 0 aliphatic heterocycles. The zero-order valence-electron chi connectivity index (χ0n) is 18.4. The van der Waals surface area contributed by atoms with Crippen LogP contribution >= 0.6 is 12.2 Å². The molecule has 3 nitrogen and oxygen atoms in total. The maximum absolute atomic E-state index is 10.8. The molecule has 0 unspecified atom stereocenters. The molecule has 0 spiro atoms. The zero-order chi connectivity index (χ0) is 22.0. The molecule has 0 atom stereocenters. The van der Waals surface area contributed by atoms with Gasteiger partial charge in [0.25, 0.3) is 0 Å². The Hall–Kier alpha value is -2.03. The molecule has 29 heavy (non-hydrogen) atoms. The van der Waals surface area contributed by atoms with E-state index in [2.05, 4.69) is 62.8 Å². The van der Waals surface area contributed by atoms with Crippen LogP contribution in [0.1, 0.15) is 18.1 Å². The van der Waals surface area contributed by atoms with Gasteiger partial charge in [0.2, 0.25) is 0 Å². The van der Waals surface area contributed by atoms with E-state index >= 15 is 0 Å². The Morgan fingerprint density at radius 1 is 0.897 bits per heavy atom. The Morgan fingerprint density at radius 2 is 1.38 bits per heavy atom. The summed E-state index contributed by atoms with van der Waals surface area (Å²) in [6.45, 7) is 16.0. The fraction of sp³-hybridized carbons (Fsp3) is 0.304. The molecular weight excluding hydrogens is 410 g/mol. The minimum absolute atomic E-state index is 0.717. The monoisotopic (exact) mass is 441 g/mol. The summed E-state index contributed by atoms with van der Waals surface area (Å²) in [5.41, 5.74) is 3.57. The molecule has 0 saturated heterocycles. The summed E-state index contributed by atoms with van der Waals surface area (Å²) >= 11 is 5.74. The minimum atomic E-state index is -1.47. The molecule has 6 heteroatoms. The smallest absolute Gasteiger partial charge is 0.328 e. The van der Waals surface area contributed by atoms with Crippen LogP contribution in [0.3, 0.4) is 0 Å². The Labute approximate surface area is 181 Å². The lowest BCUT2D eigenvalue weighted by Gasteiger charge is -2.24. The third kappa shape index (κ3) is 6.49. The highest BCUT2D eigenvalue weighted by molar-refractivity contribution is 7.81. The van der Waals surface area contributed by atoms with Crippen LogP contribution < -0.4 is 15.7 Å². The maximum Gasteiger partial charge on any atom is 0.328 e. The molecule has 2 aromatic rings. The van der Waals surface area contributed by atoms with Crippen molar-refractivity contribution in [2.75, 3.05) is 5.32 Å². The molecule has 2 N–H and O–H groups in total. The first-order valence-corrected chi connectivity index (χ1v) is 17.2. The second-order valence-electron chi connectivity index (χ2n) is 9.50. The van der Waals surface area contributed by atoms with Crippen LogP contribution in [0.5, 0.6) is 0 Å². The predicted molar refractivity (Wildman–Crippen MR) is 135 cm³/mol. The fourth-order valence-corrected chi connectivity index (χ4v) is 5.65. The molecule has 0 radical (unpaired) electrons. The largest absolute Gasteiger partial charge is 0.478 e. The van der Waals surface area contributed by atoms with E-state index in [4.69, 9.17) is 17.3 Å². The number of carboxylic acids is 1. The molecule has 0 amide bonds. The second kappa shape index (κ2) is 8.77. The molecule has 2 aromatic carbocycles. The van der Waals surface area contributed by atoms with Gasteiger partial charge in [0.05, 0.1) is 16.1 Å². The summed E-state index contributed by atoms with van der Waals surface area (Å²) in [7, 11) is -2.93. The molecule has 0 saturated carbocycles. The lowest BCUT2D eigenvalue weighted by Crippen LogP contribution is -2.45. The van der Waals surface area contributed by atoms with Crippen LogP contribution in [0.25, 0.3) is 5.57 Å². The summed E-state index contributed by atoms with van der Waals surface area (Å²) < 4.78 is 0. The lowest BCUT2D eigenvalue weighted by molar-refractivity contribution is -0.131. The molecule has 0 heterocycles. The Morgan fingerprint density at radius 3 is 1.79 bits per heavy atom. The number of rotatable bonds is 6. The van der Waals surface area contributed by atoms with Crippen LogP contribution in [0, 0.1) is 0 Å². The maximum atomic E-state index is 10.8. The quantitative estimate of drug-likeness (QED) is 0.374. The van der Waals surface area contributed by atoms with E-state index in [1.807, 2.05) is 24.3 Å². The molecular formula is C23H31NO2SSi2. The van der Waals surface area contributed by atoms with Gasteiger partial charge in [0.1, 0.15) is 4.99 Å². The predicted octanol–water partition coefficient (Wildman–Crippen LogP) is 5.05. The number of hydrogen-bond donors (Lipinski definition) is 2. The van der Waals surface area contributed by atoms with Crippen molar-refractivity contribution in [1.29, 1.82) is 0 Å². The first-order chi connectivity index (χ1) is 13.3. The van der Waals surface area contributed by atoms with Gasteiger partial charge in [-0.25, -0.2) is 4.79 Å². The Kier molecular flexibility index (Phi) is 7.03. The third-order valence-corrected chi connectivity index (χ3v) is 9.24. The Balaban J connectivity index is 2.32. The van der Waals surface area contributed by atoms with Gasteiger partial charge in [-0.3, -0.25) is 0 Å². The highest BCUT2D eigenvalue weighted by atomic mass is 32.1. The number of hydrogen-bond acceptors (Lipinski definition) is 2. The van der Waals surface area contributed by atoms with Gasteiger partial charge in [-0.05, 0) is 30.2 Å². The number of thiocarbonyl (C=S) groups is 1. The Bertz CT molecular complexity index is 920. The fourth-order valence-electron chi connectivity index (χ4n) is 2.91. The van der Waals surface area contributed by atoms with Gasteiger partial charge < -0.3 is 10.4 Å². The number of carbonyl (C=O) groups is 1. The number of aliphatic carboxylic acids is 1. The number of allylic oxidation sites excluding steroid dienone is 1. The number of nitrogens with one attached hydrogen (secondary N) is 1. The first kappa shape index (κ1) is 23.3. The molecule has 0 aliphatic carbocycles. The van der Waals surface area contributed by atoms with Crippen molar-refractivity contribution < 1.29 is 9.90 Å². The topological polar surface area (TPSA) is 49.3 Å². The van der Waals surface area contributed by atoms with Crippen molar-refractivity contribution in [2.45, 2.75) is 46.2 Å². The van der Waals surface area contributed by atoms with Crippen molar-refractivity contribution in [3.05, 3.63) is 59.7 Å². The summed E-state index contributed by atoms with van der Waals surface area (Å²) in [4.78, 5) is 11.6. The number of anilines is 1. The SMILES string of the molecule is C/C(=C\C(=O)O)c1ccc(NC(=S)c2cc([Si](C)(C)C)cc([Si](C)(C)C)c2)cc1. The van der Waals surface area contributed by atoms with Crippen LogP contribution in [-0.4, -0.2) is 32.2 Å². The van der Waals surface area contributed by atoms with Crippen molar-refractivity contribution in [1.82, 2.24) is 0 Å². The summed E-state index contributed by atoms with van der Waals surface area (Å²) in [6, 6.07) is 14.6. The lowest BCUT2D eigenvalue weighted by atomic mass is 10.1. The van der Waals surface area contributed by atoms with Gasteiger partial charge in [-0.15, -0.1) is 0 Å². The molecule has 0 aromatic heterocycles. The van der Waals surface area contributed by atoms with Gasteiger partial charge in [0, 0.05) is 17.3 Å². The summed E-state index contributed by atoms with van der Waals surface area (Å²) in [5.74, 6) is -0.939. The molecule has 154 valence electrons. The first-order valence-electron chi connectivity index (χ1n) is 9.76. The van der Waals surface area contributed by atoms with Crippen LogP contribution in [0.2, 0.25) is 39.3 Å². The van der Waals surface area contributed by atoms with Crippen molar-refractivity contribution >= 4 is 61.0 Å². The van der Waals surface area contributed by atoms with Crippen LogP contribution in [0.4, 0.5) is 5.69 Å². The van der Waals surface area contributed by atoms with Gasteiger partial charge in [-0.2, -0.15) is 0 Å². The molecule has 0 bridgehead atoms. The van der Waals surface area contributed by atoms with E-state index in [9.17, 15) is 4.79 Å². The number of carboxylic acid groups (broad SMARTS) is 1.